The van der Waals surface area contributed by atoms with Crippen molar-refractivity contribution in [1.29, 1.82) is 0 Å². The molecular weight excluding hydrogens is 290 g/mol. The summed E-state index contributed by atoms with van der Waals surface area (Å²) < 4.78 is 6.56. The fraction of sp³-hybridized carbons (Fsp3) is 0.375. The standard InChI is InChI=1S/C16H20ClNOS/c1-11(2)19-14-6-4-5-13(9-14)12(3)18-10-15-7-8-16(17)20-15/h4-9,11-12,18H,10H2,1-3H3. The zero-order valence-electron chi connectivity index (χ0n) is 12.0. The molecule has 1 aromatic heterocycles. The van der Waals surface area contributed by atoms with E-state index in [2.05, 4.69) is 30.4 Å². The van der Waals surface area contributed by atoms with Crippen molar-refractivity contribution in [2.45, 2.75) is 39.5 Å². The van der Waals surface area contributed by atoms with Crippen LogP contribution in [0.15, 0.2) is 36.4 Å². The van der Waals surface area contributed by atoms with Crippen molar-refractivity contribution in [1.82, 2.24) is 5.32 Å². The first-order chi connectivity index (χ1) is 9.54. The van der Waals surface area contributed by atoms with E-state index < -0.39 is 0 Å². The van der Waals surface area contributed by atoms with Gasteiger partial charge in [0.25, 0.3) is 0 Å². The Morgan fingerprint density at radius 2 is 2.00 bits per heavy atom. The Morgan fingerprint density at radius 1 is 1.20 bits per heavy atom. The number of hydrogen-bond acceptors (Lipinski definition) is 3. The van der Waals surface area contributed by atoms with Gasteiger partial charge in [-0.3, -0.25) is 0 Å². The van der Waals surface area contributed by atoms with E-state index in [0.717, 1.165) is 16.6 Å². The van der Waals surface area contributed by atoms with Gasteiger partial charge >= 0.3 is 0 Å². The summed E-state index contributed by atoms with van der Waals surface area (Å²) in [4.78, 5) is 1.25. The van der Waals surface area contributed by atoms with Gasteiger partial charge in [0.05, 0.1) is 10.4 Å². The minimum atomic E-state index is 0.196. The highest BCUT2D eigenvalue weighted by atomic mass is 35.5. The number of thiophene rings is 1. The molecule has 0 aliphatic heterocycles. The topological polar surface area (TPSA) is 21.3 Å². The highest BCUT2D eigenvalue weighted by Gasteiger charge is 2.07. The van der Waals surface area contributed by atoms with Crippen molar-refractivity contribution < 1.29 is 4.74 Å². The third-order valence-corrected chi connectivity index (χ3v) is 4.17. The molecule has 1 heterocycles. The number of ether oxygens (including phenoxy) is 1. The molecule has 0 saturated carbocycles. The van der Waals surface area contributed by atoms with Gasteiger partial charge in [0, 0.05) is 17.5 Å². The second-order valence-corrected chi connectivity index (χ2v) is 6.85. The molecular formula is C16H20ClNOS. The summed E-state index contributed by atoms with van der Waals surface area (Å²) in [5, 5.41) is 3.51. The average molecular weight is 310 g/mol. The molecule has 1 aromatic carbocycles. The van der Waals surface area contributed by atoms with E-state index in [0.29, 0.717) is 0 Å². The van der Waals surface area contributed by atoms with Crippen LogP contribution in [0.1, 0.15) is 37.3 Å². The fourth-order valence-electron chi connectivity index (χ4n) is 1.95. The molecule has 1 atom stereocenters. The maximum absolute atomic E-state index is 5.94. The van der Waals surface area contributed by atoms with Gasteiger partial charge in [-0.15, -0.1) is 11.3 Å². The van der Waals surface area contributed by atoms with Crippen LogP contribution in [0.3, 0.4) is 0 Å². The Balaban J connectivity index is 1.96. The molecule has 1 N–H and O–H groups in total. The molecule has 0 amide bonds. The minimum Gasteiger partial charge on any atom is -0.491 e. The van der Waals surface area contributed by atoms with Gasteiger partial charge in [-0.05, 0) is 50.6 Å². The molecule has 2 rings (SSSR count). The Labute approximate surface area is 129 Å². The third-order valence-electron chi connectivity index (χ3n) is 2.94. The second-order valence-electron chi connectivity index (χ2n) is 5.05. The largest absolute Gasteiger partial charge is 0.491 e. The summed E-state index contributed by atoms with van der Waals surface area (Å²) in [6.07, 6.45) is 0.196. The number of benzene rings is 1. The number of nitrogens with one attached hydrogen (secondary N) is 1. The highest BCUT2D eigenvalue weighted by Crippen LogP contribution is 2.23. The lowest BCUT2D eigenvalue weighted by Crippen LogP contribution is -2.17. The van der Waals surface area contributed by atoms with Gasteiger partial charge in [-0.1, -0.05) is 23.7 Å². The van der Waals surface area contributed by atoms with Crippen LogP contribution in [0, 0.1) is 0 Å². The van der Waals surface area contributed by atoms with Gasteiger partial charge < -0.3 is 10.1 Å². The maximum atomic E-state index is 5.94. The first-order valence-corrected chi connectivity index (χ1v) is 7.98. The van der Waals surface area contributed by atoms with Crippen LogP contribution in [0.25, 0.3) is 0 Å². The summed E-state index contributed by atoms with van der Waals surface area (Å²) in [6, 6.07) is 12.5. The summed E-state index contributed by atoms with van der Waals surface area (Å²) in [7, 11) is 0. The van der Waals surface area contributed by atoms with E-state index in [1.54, 1.807) is 11.3 Å². The first kappa shape index (κ1) is 15.4. The number of hydrogen-bond donors (Lipinski definition) is 1. The van der Waals surface area contributed by atoms with Crippen LogP contribution < -0.4 is 10.1 Å². The minimum absolute atomic E-state index is 0.196. The van der Waals surface area contributed by atoms with Crippen LogP contribution in [-0.2, 0) is 6.54 Å². The average Bonchev–Trinajstić information content (AvgIpc) is 2.81. The van der Waals surface area contributed by atoms with Crippen molar-refractivity contribution in [3.8, 4) is 5.75 Å². The molecule has 20 heavy (non-hydrogen) atoms. The summed E-state index contributed by atoms with van der Waals surface area (Å²) in [6.45, 7) is 7.06. The molecule has 1 unspecified atom stereocenters. The summed E-state index contributed by atoms with van der Waals surface area (Å²) >= 11 is 7.55. The highest BCUT2D eigenvalue weighted by molar-refractivity contribution is 7.16. The number of halogens is 1. The Hall–Kier alpha value is -1.03. The zero-order valence-corrected chi connectivity index (χ0v) is 13.6. The van der Waals surface area contributed by atoms with Crippen LogP contribution in [0.5, 0.6) is 5.75 Å². The van der Waals surface area contributed by atoms with E-state index in [1.165, 1.54) is 10.4 Å². The van der Waals surface area contributed by atoms with E-state index in [1.807, 2.05) is 32.0 Å². The molecule has 0 fully saturated rings. The number of rotatable bonds is 6. The lowest BCUT2D eigenvalue weighted by Gasteiger charge is -2.16. The molecule has 0 saturated heterocycles. The zero-order chi connectivity index (χ0) is 14.5. The summed E-state index contributed by atoms with van der Waals surface area (Å²) in [5.41, 5.74) is 1.23. The molecule has 2 aromatic rings. The van der Waals surface area contributed by atoms with E-state index in [-0.39, 0.29) is 12.1 Å². The lowest BCUT2D eigenvalue weighted by atomic mass is 10.1. The predicted molar refractivity (Wildman–Crippen MR) is 86.8 cm³/mol. The van der Waals surface area contributed by atoms with Gasteiger partial charge in [-0.25, -0.2) is 0 Å². The van der Waals surface area contributed by atoms with Gasteiger partial charge in [-0.2, -0.15) is 0 Å². The van der Waals surface area contributed by atoms with Crippen molar-refractivity contribution >= 4 is 22.9 Å². The Bertz CT molecular complexity index is 553. The molecule has 4 heteroatoms. The Kier molecular flexibility index (Phi) is 5.46. The molecule has 0 radical (unpaired) electrons. The van der Waals surface area contributed by atoms with Crippen molar-refractivity contribution in [3.05, 3.63) is 51.2 Å². The lowest BCUT2D eigenvalue weighted by molar-refractivity contribution is 0.242. The first-order valence-electron chi connectivity index (χ1n) is 6.79. The van der Waals surface area contributed by atoms with Crippen molar-refractivity contribution in [2.75, 3.05) is 0 Å². The summed E-state index contributed by atoms with van der Waals surface area (Å²) in [5.74, 6) is 0.922. The molecule has 0 aliphatic rings. The maximum Gasteiger partial charge on any atom is 0.120 e. The normalized spacial score (nSPS) is 12.7. The van der Waals surface area contributed by atoms with E-state index in [4.69, 9.17) is 16.3 Å². The van der Waals surface area contributed by atoms with Crippen LogP contribution in [-0.4, -0.2) is 6.10 Å². The van der Waals surface area contributed by atoms with Crippen LogP contribution >= 0.6 is 22.9 Å². The van der Waals surface area contributed by atoms with Gasteiger partial charge in [0.1, 0.15) is 5.75 Å². The molecule has 0 bridgehead atoms. The quantitative estimate of drug-likeness (QED) is 0.807. The molecule has 0 aliphatic carbocycles. The van der Waals surface area contributed by atoms with Crippen LogP contribution in [0.4, 0.5) is 0 Å². The molecule has 2 nitrogen and oxygen atoms in total. The fourth-order valence-corrected chi connectivity index (χ4v) is 2.99. The van der Waals surface area contributed by atoms with Crippen LogP contribution in [0.2, 0.25) is 4.34 Å². The monoisotopic (exact) mass is 309 g/mol. The SMILES string of the molecule is CC(C)Oc1cccc(C(C)NCc2ccc(Cl)s2)c1. The van der Waals surface area contributed by atoms with Crippen molar-refractivity contribution in [2.24, 2.45) is 0 Å². The van der Waals surface area contributed by atoms with E-state index in [9.17, 15) is 0 Å². The molecule has 108 valence electrons. The Morgan fingerprint density at radius 3 is 2.65 bits per heavy atom. The molecule has 0 spiro atoms. The van der Waals surface area contributed by atoms with Gasteiger partial charge in [0.2, 0.25) is 0 Å². The third kappa shape index (κ3) is 4.51. The predicted octanol–water partition coefficient (Wildman–Crippen LogP) is 5.04. The smallest absolute Gasteiger partial charge is 0.120 e. The van der Waals surface area contributed by atoms with Crippen molar-refractivity contribution in [3.63, 3.8) is 0 Å². The second kappa shape index (κ2) is 7.11. The van der Waals surface area contributed by atoms with Gasteiger partial charge in [0.15, 0.2) is 0 Å². The van der Waals surface area contributed by atoms with E-state index >= 15 is 0 Å².